The Hall–Kier alpha value is -4.64. The fourth-order valence-corrected chi connectivity index (χ4v) is 4.41. The predicted octanol–water partition coefficient (Wildman–Crippen LogP) is 7.00. The second-order valence-electron chi connectivity index (χ2n) is 8.73. The number of rotatable bonds is 7. The van der Waals surface area contributed by atoms with Crippen LogP contribution in [0.15, 0.2) is 103 Å². The molecule has 5 nitrogen and oxygen atoms in total. The molecule has 1 heterocycles. The Morgan fingerprint density at radius 1 is 0.919 bits per heavy atom. The van der Waals surface area contributed by atoms with Crippen LogP contribution in [0.2, 0.25) is 0 Å². The number of aromatic nitrogens is 2. The van der Waals surface area contributed by atoms with E-state index >= 15 is 0 Å². The maximum Gasteiger partial charge on any atom is 0.331 e. The first-order chi connectivity index (χ1) is 18.1. The van der Waals surface area contributed by atoms with Crippen molar-refractivity contribution in [1.82, 2.24) is 9.78 Å². The Bertz CT molecular complexity index is 1570. The monoisotopic (exact) mass is 488 g/mol. The number of nitrogens with zero attached hydrogens (tertiary/aromatic N) is 2. The van der Waals surface area contributed by atoms with Crippen molar-refractivity contribution in [1.29, 1.82) is 0 Å². The van der Waals surface area contributed by atoms with Gasteiger partial charge in [0.2, 0.25) is 0 Å². The number of aryl methyl sites for hydroxylation is 1. The van der Waals surface area contributed by atoms with Crippen LogP contribution in [-0.2, 0) is 9.53 Å². The molecule has 184 valence electrons. The van der Waals surface area contributed by atoms with Gasteiger partial charge in [-0.25, -0.2) is 9.48 Å². The molecule has 0 unspecified atom stereocenters. The Morgan fingerprint density at radius 2 is 1.65 bits per heavy atom. The highest BCUT2D eigenvalue weighted by Crippen LogP contribution is 2.33. The summed E-state index contributed by atoms with van der Waals surface area (Å²) in [6, 6.07) is 32.4. The highest BCUT2D eigenvalue weighted by Gasteiger charge is 2.19. The van der Waals surface area contributed by atoms with Crippen molar-refractivity contribution in [3.8, 4) is 22.7 Å². The van der Waals surface area contributed by atoms with Gasteiger partial charge in [0.15, 0.2) is 0 Å². The van der Waals surface area contributed by atoms with Crippen LogP contribution in [0, 0.1) is 6.92 Å². The zero-order chi connectivity index (χ0) is 25.8. The maximum atomic E-state index is 12.7. The fourth-order valence-electron chi connectivity index (χ4n) is 4.41. The molecule has 0 aliphatic carbocycles. The second-order valence-corrected chi connectivity index (χ2v) is 8.73. The van der Waals surface area contributed by atoms with Gasteiger partial charge in [0.25, 0.3) is 0 Å². The first kappa shape index (κ1) is 24.1. The van der Waals surface area contributed by atoms with Crippen LogP contribution < -0.4 is 4.74 Å². The normalized spacial score (nSPS) is 11.5. The zero-order valence-electron chi connectivity index (χ0n) is 21.1. The van der Waals surface area contributed by atoms with Gasteiger partial charge in [-0.1, -0.05) is 72.3 Å². The SMILES string of the molecule is CCOC(=O)/C=C(\c1cc(-c2ccc(C)cc2)n(-c2ccc(OC)cc2)n1)c1cccc2ccccc12. The molecular weight excluding hydrogens is 460 g/mol. The number of carbonyl (C=O) groups excluding carboxylic acids is 1. The van der Waals surface area contributed by atoms with Gasteiger partial charge in [-0.05, 0) is 60.5 Å². The summed E-state index contributed by atoms with van der Waals surface area (Å²) >= 11 is 0. The molecule has 0 N–H and O–H groups in total. The summed E-state index contributed by atoms with van der Waals surface area (Å²) in [6.07, 6.45) is 1.55. The molecule has 0 atom stereocenters. The highest BCUT2D eigenvalue weighted by atomic mass is 16.5. The minimum atomic E-state index is -0.402. The van der Waals surface area contributed by atoms with Crippen LogP contribution in [0.4, 0.5) is 0 Å². The summed E-state index contributed by atoms with van der Waals surface area (Å²) in [4.78, 5) is 12.7. The van der Waals surface area contributed by atoms with Crippen molar-refractivity contribution in [3.05, 3.63) is 120 Å². The van der Waals surface area contributed by atoms with E-state index in [4.69, 9.17) is 14.6 Å². The molecule has 0 bridgehead atoms. The molecule has 0 aliphatic heterocycles. The van der Waals surface area contributed by atoms with E-state index in [2.05, 4.69) is 49.4 Å². The molecule has 4 aromatic carbocycles. The quantitative estimate of drug-likeness (QED) is 0.183. The molecular formula is C32H28N2O3. The minimum absolute atomic E-state index is 0.299. The van der Waals surface area contributed by atoms with Gasteiger partial charge in [0.1, 0.15) is 5.75 Å². The number of hydrogen-bond donors (Lipinski definition) is 0. The number of ether oxygens (including phenoxy) is 2. The van der Waals surface area contributed by atoms with E-state index in [1.165, 1.54) is 5.56 Å². The lowest BCUT2D eigenvalue weighted by molar-refractivity contribution is -0.137. The fraction of sp³-hybridized carbons (Fsp3) is 0.125. The third-order valence-corrected chi connectivity index (χ3v) is 6.28. The third kappa shape index (κ3) is 5.02. The van der Waals surface area contributed by atoms with E-state index in [0.717, 1.165) is 39.0 Å². The first-order valence-corrected chi connectivity index (χ1v) is 12.3. The summed E-state index contributed by atoms with van der Waals surface area (Å²) in [5.41, 5.74) is 6.30. The Morgan fingerprint density at radius 3 is 2.38 bits per heavy atom. The average molecular weight is 489 g/mol. The molecule has 37 heavy (non-hydrogen) atoms. The molecule has 0 amide bonds. The summed E-state index contributed by atoms with van der Waals surface area (Å²) in [7, 11) is 1.65. The molecule has 0 radical (unpaired) electrons. The lowest BCUT2D eigenvalue weighted by Crippen LogP contribution is -2.03. The van der Waals surface area contributed by atoms with Crippen LogP contribution in [0.1, 0.15) is 23.7 Å². The largest absolute Gasteiger partial charge is 0.497 e. The molecule has 1 aromatic heterocycles. The van der Waals surface area contributed by atoms with E-state index in [0.29, 0.717) is 17.9 Å². The van der Waals surface area contributed by atoms with Gasteiger partial charge in [-0.15, -0.1) is 0 Å². The van der Waals surface area contributed by atoms with Gasteiger partial charge in [-0.2, -0.15) is 5.10 Å². The van der Waals surface area contributed by atoms with Crippen LogP contribution in [0.25, 0.3) is 33.3 Å². The number of fused-ring (bicyclic) bond motifs is 1. The first-order valence-electron chi connectivity index (χ1n) is 12.3. The molecule has 0 spiro atoms. The molecule has 0 fully saturated rings. The van der Waals surface area contributed by atoms with Crippen LogP contribution in [-0.4, -0.2) is 29.5 Å². The van der Waals surface area contributed by atoms with Gasteiger partial charge < -0.3 is 9.47 Å². The number of hydrogen-bond acceptors (Lipinski definition) is 4. The lowest BCUT2D eigenvalue weighted by atomic mass is 9.95. The summed E-state index contributed by atoms with van der Waals surface area (Å²) in [5.74, 6) is 0.369. The van der Waals surface area contributed by atoms with Crippen LogP contribution in [0.3, 0.4) is 0 Å². The van der Waals surface area contributed by atoms with Gasteiger partial charge in [0, 0.05) is 17.2 Å². The molecule has 0 aliphatic rings. The molecule has 0 saturated heterocycles. The van der Waals surface area contributed by atoms with Crippen molar-refractivity contribution in [2.45, 2.75) is 13.8 Å². The number of esters is 1. The standard InChI is InChI=1S/C32H28N2O3/c1-4-37-32(35)20-29(28-11-7-9-23-8-5-6-10-27(23)28)30-21-31(24-14-12-22(2)13-15-24)34(33-30)25-16-18-26(36-3)19-17-25/h5-21H,4H2,1-3H3/b29-20-. The van der Waals surface area contributed by atoms with Crippen molar-refractivity contribution in [2.24, 2.45) is 0 Å². The maximum absolute atomic E-state index is 12.7. The van der Waals surface area contributed by atoms with Crippen LogP contribution >= 0.6 is 0 Å². The smallest absolute Gasteiger partial charge is 0.331 e. The predicted molar refractivity (Wildman–Crippen MR) is 148 cm³/mol. The second kappa shape index (κ2) is 10.5. The third-order valence-electron chi connectivity index (χ3n) is 6.28. The van der Waals surface area contributed by atoms with E-state index in [9.17, 15) is 4.79 Å². The highest BCUT2D eigenvalue weighted by molar-refractivity contribution is 6.03. The van der Waals surface area contributed by atoms with Crippen molar-refractivity contribution in [2.75, 3.05) is 13.7 Å². The van der Waals surface area contributed by atoms with Crippen LogP contribution in [0.5, 0.6) is 5.75 Å². The summed E-state index contributed by atoms with van der Waals surface area (Å²) in [5, 5.41) is 7.16. The molecule has 5 heteroatoms. The summed E-state index contributed by atoms with van der Waals surface area (Å²) in [6.45, 7) is 4.17. The summed E-state index contributed by atoms with van der Waals surface area (Å²) < 4.78 is 12.6. The van der Waals surface area contributed by atoms with Crippen molar-refractivity contribution >= 4 is 22.3 Å². The molecule has 5 rings (SSSR count). The number of methoxy groups -OCH3 is 1. The van der Waals surface area contributed by atoms with Gasteiger partial charge >= 0.3 is 5.97 Å². The molecule has 0 saturated carbocycles. The van der Waals surface area contributed by atoms with E-state index in [1.54, 1.807) is 20.1 Å². The van der Waals surface area contributed by atoms with Gasteiger partial charge in [0.05, 0.1) is 30.8 Å². The van der Waals surface area contributed by atoms with E-state index in [-0.39, 0.29) is 0 Å². The van der Waals surface area contributed by atoms with E-state index < -0.39 is 5.97 Å². The van der Waals surface area contributed by atoms with Crippen molar-refractivity contribution in [3.63, 3.8) is 0 Å². The Labute approximate surface area is 216 Å². The zero-order valence-corrected chi connectivity index (χ0v) is 21.1. The topological polar surface area (TPSA) is 53.4 Å². The Kier molecular flexibility index (Phi) is 6.86. The number of carbonyl (C=O) groups is 1. The lowest BCUT2D eigenvalue weighted by Gasteiger charge is -2.10. The van der Waals surface area contributed by atoms with E-state index in [1.807, 2.05) is 59.3 Å². The average Bonchev–Trinajstić information content (AvgIpc) is 3.37. The molecule has 5 aromatic rings. The van der Waals surface area contributed by atoms with Gasteiger partial charge in [-0.3, -0.25) is 0 Å². The number of benzene rings is 4. The Balaban J connectivity index is 1.74. The van der Waals surface area contributed by atoms with Crippen molar-refractivity contribution < 1.29 is 14.3 Å². The minimum Gasteiger partial charge on any atom is -0.497 e.